The first kappa shape index (κ1) is 19.6. The Kier molecular flexibility index (Phi) is 6.70. The van der Waals surface area contributed by atoms with Crippen LogP contribution in [-0.2, 0) is 9.53 Å². The Balaban J connectivity index is 1.70. The molecule has 25 heavy (non-hydrogen) atoms. The molecule has 1 heterocycles. The van der Waals surface area contributed by atoms with Crippen molar-refractivity contribution in [3.63, 3.8) is 0 Å². The van der Waals surface area contributed by atoms with E-state index < -0.39 is 5.60 Å². The van der Waals surface area contributed by atoms with Crippen molar-refractivity contribution < 1.29 is 19.1 Å². The van der Waals surface area contributed by atoms with Crippen LogP contribution in [0.2, 0.25) is 0 Å². The largest absolute Gasteiger partial charge is 0.484 e. The summed E-state index contributed by atoms with van der Waals surface area (Å²) in [6.45, 7) is 6.68. The van der Waals surface area contributed by atoms with Gasteiger partial charge in [0.25, 0.3) is 5.91 Å². The zero-order valence-electron chi connectivity index (χ0n) is 14.9. The zero-order valence-corrected chi connectivity index (χ0v) is 16.5. The number of ether oxygens (including phenoxy) is 2. The highest BCUT2D eigenvalue weighted by Crippen LogP contribution is 2.18. The van der Waals surface area contributed by atoms with Gasteiger partial charge in [-0.1, -0.05) is 22.0 Å². The molecule has 0 aromatic heterocycles. The van der Waals surface area contributed by atoms with E-state index in [4.69, 9.17) is 9.47 Å². The zero-order chi connectivity index (χ0) is 18.4. The van der Waals surface area contributed by atoms with Gasteiger partial charge in [-0.15, -0.1) is 0 Å². The van der Waals surface area contributed by atoms with Crippen LogP contribution < -0.4 is 10.1 Å². The van der Waals surface area contributed by atoms with E-state index in [1.54, 1.807) is 11.0 Å². The maximum atomic E-state index is 12.0. The molecule has 0 spiro atoms. The van der Waals surface area contributed by atoms with Gasteiger partial charge in [-0.2, -0.15) is 0 Å². The standard InChI is InChI=1S/C18H25BrN2O4/c1-18(2,3)25-17(23)21-9-7-14(8-10-21)20-16(22)12-24-15-6-4-5-13(19)11-15/h4-6,11,14H,7-10,12H2,1-3H3,(H,20,22). The van der Waals surface area contributed by atoms with E-state index in [1.807, 2.05) is 39.0 Å². The number of hydrogen-bond donors (Lipinski definition) is 1. The molecule has 1 aromatic rings. The fraction of sp³-hybridized carbons (Fsp3) is 0.556. The van der Waals surface area contributed by atoms with Gasteiger partial charge in [0.05, 0.1) is 0 Å². The molecule has 1 aromatic carbocycles. The molecule has 7 heteroatoms. The number of halogens is 1. The van der Waals surface area contributed by atoms with E-state index in [1.165, 1.54) is 0 Å². The molecule has 2 amide bonds. The van der Waals surface area contributed by atoms with Crippen LogP contribution in [0.15, 0.2) is 28.7 Å². The highest BCUT2D eigenvalue weighted by Gasteiger charge is 2.27. The van der Waals surface area contributed by atoms with Gasteiger partial charge in [0.2, 0.25) is 0 Å². The Labute approximate surface area is 157 Å². The van der Waals surface area contributed by atoms with Gasteiger partial charge in [0.1, 0.15) is 11.4 Å². The summed E-state index contributed by atoms with van der Waals surface area (Å²) in [5.74, 6) is 0.486. The molecule has 1 saturated heterocycles. The first-order valence-corrected chi connectivity index (χ1v) is 9.18. The van der Waals surface area contributed by atoms with Gasteiger partial charge < -0.3 is 19.7 Å². The Morgan fingerprint density at radius 1 is 1.28 bits per heavy atom. The summed E-state index contributed by atoms with van der Waals surface area (Å²) in [6.07, 6.45) is 1.12. The monoisotopic (exact) mass is 412 g/mol. The van der Waals surface area contributed by atoms with Gasteiger partial charge in [-0.25, -0.2) is 4.79 Å². The lowest BCUT2D eigenvalue weighted by Gasteiger charge is -2.33. The fourth-order valence-electron chi connectivity index (χ4n) is 2.51. The summed E-state index contributed by atoms with van der Waals surface area (Å²) < 4.78 is 11.7. The quantitative estimate of drug-likeness (QED) is 0.822. The van der Waals surface area contributed by atoms with E-state index in [2.05, 4.69) is 21.2 Å². The topological polar surface area (TPSA) is 67.9 Å². The van der Waals surface area contributed by atoms with Crippen LogP contribution in [0.1, 0.15) is 33.6 Å². The van der Waals surface area contributed by atoms with Crippen molar-refractivity contribution in [1.82, 2.24) is 10.2 Å². The highest BCUT2D eigenvalue weighted by atomic mass is 79.9. The number of amides is 2. The van der Waals surface area contributed by atoms with Crippen LogP contribution in [0.25, 0.3) is 0 Å². The number of nitrogens with zero attached hydrogens (tertiary/aromatic N) is 1. The summed E-state index contributed by atoms with van der Waals surface area (Å²) in [6, 6.07) is 7.41. The van der Waals surface area contributed by atoms with Crippen molar-refractivity contribution in [2.45, 2.75) is 45.3 Å². The number of hydrogen-bond acceptors (Lipinski definition) is 4. The van der Waals surface area contributed by atoms with Crippen molar-refractivity contribution in [2.75, 3.05) is 19.7 Å². The smallest absolute Gasteiger partial charge is 0.410 e. The van der Waals surface area contributed by atoms with Crippen LogP contribution >= 0.6 is 15.9 Å². The summed E-state index contributed by atoms with van der Waals surface area (Å²) in [5, 5.41) is 2.96. The molecule has 1 aliphatic rings. The number of rotatable bonds is 4. The molecular weight excluding hydrogens is 388 g/mol. The van der Waals surface area contributed by atoms with Gasteiger partial charge in [-0.05, 0) is 51.8 Å². The molecule has 1 aliphatic heterocycles. The summed E-state index contributed by atoms with van der Waals surface area (Å²) in [7, 11) is 0. The lowest BCUT2D eigenvalue weighted by atomic mass is 10.1. The average molecular weight is 413 g/mol. The van der Waals surface area contributed by atoms with Gasteiger partial charge >= 0.3 is 6.09 Å². The third-order valence-corrected chi connectivity index (χ3v) is 4.17. The fourth-order valence-corrected chi connectivity index (χ4v) is 2.89. The molecule has 0 atom stereocenters. The lowest BCUT2D eigenvalue weighted by Crippen LogP contribution is -2.48. The molecule has 0 aliphatic carbocycles. The molecule has 1 fully saturated rings. The third-order valence-electron chi connectivity index (χ3n) is 3.68. The number of likely N-dealkylation sites (tertiary alicyclic amines) is 1. The summed E-state index contributed by atoms with van der Waals surface area (Å²) in [4.78, 5) is 25.7. The van der Waals surface area contributed by atoms with Crippen LogP contribution in [0, 0.1) is 0 Å². The Hall–Kier alpha value is -1.76. The number of carbonyl (C=O) groups excluding carboxylic acids is 2. The maximum absolute atomic E-state index is 12.0. The van der Waals surface area contributed by atoms with E-state index in [0.717, 1.165) is 4.47 Å². The molecule has 0 bridgehead atoms. The van der Waals surface area contributed by atoms with Crippen molar-refractivity contribution in [2.24, 2.45) is 0 Å². The predicted octanol–water partition coefficient (Wildman–Crippen LogP) is 3.34. The van der Waals surface area contributed by atoms with Gasteiger partial charge in [0.15, 0.2) is 6.61 Å². The lowest BCUT2D eigenvalue weighted by molar-refractivity contribution is -0.124. The normalized spacial score (nSPS) is 15.6. The summed E-state index contributed by atoms with van der Waals surface area (Å²) in [5.41, 5.74) is -0.494. The van der Waals surface area contributed by atoms with Gasteiger partial charge in [-0.3, -0.25) is 4.79 Å². The Morgan fingerprint density at radius 3 is 2.56 bits per heavy atom. The molecule has 2 rings (SSSR count). The van der Waals surface area contributed by atoms with E-state index >= 15 is 0 Å². The Morgan fingerprint density at radius 2 is 1.96 bits per heavy atom. The Bertz CT molecular complexity index is 607. The maximum Gasteiger partial charge on any atom is 0.410 e. The molecule has 0 radical (unpaired) electrons. The molecular formula is C18H25BrN2O4. The first-order valence-electron chi connectivity index (χ1n) is 8.38. The molecule has 138 valence electrons. The molecule has 6 nitrogen and oxygen atoms in total. The minimum absolute atomic E-state index is 0.0251. The minimum atomic E-state index is -0.494. The number of carbonyl (C=O) groups is 2. The van der Waals surface area contributed by atoms with Crippen LogP contribution in [0.4, 0.5) is 4.79 Å². The minimum Gasteiger partial charge on any atom is -0.484 e. The second kappa shape index (κ2) is 8.56. The van der Waals surface area contributed by atoms with Crippen molar-refractivity contribution in [3.8, 4) is 5.75 Å². The van der Waals surface area contributed by atoms with Crippen LogP contribution in [-0.4, -0.2) is 48.2 Å². The third kappa shape index (κ3) is 6.94. The SMILES string of the molecule is CC(C)(C)OC(=O)N1CCC(NC(=O)COc2cccc(Br)c2)CC1. The van der Waals surface area contributed by atoms with Crippen molar-refractivity contribution in [3.05, 3.63) is 28.7 Å². The molecule has 0 unspecified atom stereocenters. The second-order valence-corrected chi connectivity index (χ2v) is 7.97. The molecule has 1 N–H and O–H groups in total. The van der Waals surface area contributed by atoms with E-state index in [-0.39, 0.29) is 24.6 Å². The summed E-state index contributed by atoms with van der Waals surface area (Å²) >= 11 is 3.36. The number of piperidine rings is 1. The highest BCUT2D eigenvalue weighted by molar-refractivity contribution is 9.10. The van der Waals surface area contributed by atoms with E-state index in [0.29, 0.717) is 31.7 Å². The van der Waals surface area contributed by atoms with E-state index in [9.17, 15) is 9.59 Å². The second-order valence-electron chi connectivity index (χ2n) is 7.06. The number of benzene rings is 1. The molecule has 0 saturated carbocycles. The van der Waals surface area contributed by atoms with Crippen LogP contribution in [0.5, 0.6) is 5.75 Å². The first-order chi connectivity index (χ1) is 11.7. The number of nitrogens with one attached hydrogen (secondary N) is 1. The van der Waals surface area contributed by atoms with Gasteiger partial charge in [0, 0.05) is 23.6 Å². The van der Waals surface area contributed by atoms with Crippen molar-refractivity contribution >= 4 is 27.9 Å². The average Bonchev–Trinajstić information content (AvgIpc) is 2.52. The van der Waals surface area contributed by atoms with Crippen LogP contribution in [0.3, 0.4) is 0 Å². The van der Waals surface area contributed by atoms with Crippen molar-refractivity contribution in [1.29, 1.82) is 0 Å². The predicted molar refractivity (Wildman–Crippen MR) is 98.6 cm³/mol.